The van der Waals surface area contributed by atoms with E-state index in [9.17, 15) is 4.79 Å². The van der Waals surface area contributed by atoms with Crippen molar-refractivity contribution in [1.29, 1.82) is 0 Å². The highest BCUT2D eigenvalue weighted by atomic mass is 35.5. The second-order valence-electron chi connectivity index (χ2n) is 4.94. The van der Waals surface area contributed by atoms with Crippen molar-refractivity contribution in [2.45, 2.75) is 19.9 Å². The molecular formula is C16H23Cl2N3O2S. The number of rotatable bonds is 7. The fraction of sp³-hybridized carbons (Fsp3) is 0.375. The highest BCUT2D eigenvalue weighted by Crippen LogP contribution is 2.25. The van der Waals surface area contributed by atoms with Crippen LogP contribution in [0.15, 0.2) is 29.6 Å². The average Bonchev–Trinajstić information content (AvgIpc) is 3.03. The van der Waals surface area contributed by atoms with E-state index in [1.54, 1.807) is 12.5 Å². The molecule has 2 rings (SSSR count). The van der Waals surface area contributed by atoms with Crippen molar-refractivity contribution < 1.29 is 9.53 Å². The fourth-order valence-electron chi connectivity index (χ4n) is 2.00. The Labute approximate surface area is 159 Å². The van der Waals surface area contributed by atoms with Crippen LogP contribution < -0.4 is 15.4 Å². The number of hydrogen-bond acceptors (Lipinski definition) is 5. The number of carbonyl (C=O) groups excluding carboxylic acids is 1. The highest BCUT2D eigenvalue weighted by molar-refractivity contribution is 7.13. The number of methoxy groups -OCH3 is 1. The van der Waals surface area contributed by atoms with Gasteiger partial charge in [0.25, 0.3) is 5.91 Å². The fourth-order valence-corrected chi connectivity index (χ4v) is 2.81. The molecule has 0 saturated heterocycles. The first-order chi connectivity index (χ1) is 10.6. The van der Waals surface area contributed by atoms with Crippen molar-refractivity contribution >= 4 is 42.1 Å². The molecule has 1 aromatic heterocycles. The minimum atomic E-state index is -0.138. The lowest BCUT2D eigenvalue weighted by Crippen LogP contribution is -2.38. The van der Waals surface area contributed by atoms with Crippen LogP contribution in [0.2, 0.25) is 0 Å². The van der Waals surface area contributed by atoms with Crippen LogP contribution in [0.4, 0.5) is 0 Å². The van der Waals surface area contributed by atoms with Gasteiger partial charge in [-0.3, -0.25) is 4.79 Å². The monoisotopic (exact) mass is 391 g/mol. The van der Waals surface area contributed by atoms with Crippen molar-refractivity contribution in [3.05, 3.63) is 35.3 Å². The number of benzene rings is 1. The molecule has 24 heavy (non-hydrogen) atoms. The molecule has 1 atom stereocenters. The number of aromatic nitrogens is 1. The van der Waals surface area contributed by atoms with Gasteiger partial charge in [-0.15, -0.1) is 36.2 Å². The van der Waals surface area contributed by atoms with E-state index in [1.807, 2.05) is 38.1 Å². The van der Waals surface area contributed by atoms with E-state index in [0.29, 0.717) is 12.2 Å². The van der Waals surface area contributed by atoms with E-state index in [0.717, 1.165) is 22.9 Å². The van der Waals surface area contributed by atoms with E-state index in [2.05, 4.69) is 15.6 Å². The minimum absolute atomic E-state index is 0. The molecule has 5 nitrogen and oxygen atoms in total. The quantitative estimate of drug-likeness (QED) is 0.758. The van der Waals surface area contributed by atoms with Crippen molar-refractivity contribution in [2.24, 2.45) is 0 Å². The number of hydrogen-bond donors (Lipinski definition) is 2. The Morgan fingerprint density at radius 3 is 2.54 bits per heavy atom. The molecular weight excluding hydrogens is 369 g/mol. The SMILES string of the molecule is CCN[C@H](C)CNC(=O)c1csc(-c2ccc(OC)cc2)n1.Cl.Cl. The van der Waals surface area contributed by atoms with Crippen LogP contribution in [0.5, 0.6) is 5.75 Å². The Bertz CT molecular complexity index is 620. The molecule has 0 radical (unpaired) electrons. The number of carbonyl (C=O) groups is 1. The first-order valence-electron chi connectivity index (χ1n) is 7.25. The summed E-state index contributed by atoms with van der Waals surface area (Å²) in [5.74, 6) is 0.663. The number of amides is 1. The van der Waals surface area contributed by atoms with Gasteiger partial charge in [0.1, 0.15) is 16.5 Å². The Kier molecular flexibility index (Phi) is 10.6. The van der Waals surface area contributed by atoms with Crippen LogP contribution in [0.3, 0.4) is 0 Å². The zero-order chi connectivity index (χ0) is 15.9. The average molecular weight is 392 g/mol. The lowest BCUT2D eigenvalue weighted by molar-refractivity contribution is 0.0946. The number of ether oxygens (including phenoxy) is 1. The first kappa shape index (κ1) is 22.7. The highest BCUT2D eigenvalue weighted by Gasteiger charge is 2.12. The normalized spacial score (nSPS) is 11.0. The number of nitrogens with zero attached hydrogens (tertiary/aromatic N) is 1. The smallest absolute Gasteiger partial charge is 0.270 e. The van der Waals surface area contributed by atoms with Gasteiger partial charge >= 0.3 is 0 Å². The van der Waals surface area contributed by atoms with Crippen LogP contribution in [0, 0.1) is 0 Å². The molecule has 0 aliphatic carbocycles. The van der Waals surface area contributed by atoms with Gasteiger partial charge in [0.15, 0.2) is 0 Å². The number of nitrogens with one attached hydrogen (secondary N) is 2. The van der Waals surface area contributed by atoms with Gasteiger partial charge in [0.05, 0.1) is 7.11 Å². The molecule has 0 spiro atoms. The maximum Gasteiger partial charge on any atom is 0.270 e. The van der Waals surface area contributed by atoms with Gasteiger partial charge in [-0.1, -0.05) is 6.92 Å². The summed E-state index contributed by atoms with van der Waals surface area (Å²) in [6.45, 7) is 5.55. The molecule has 0 fully saturated rings. The first-order valence-corrected chi connectivity index (χ1v) is 8.13. The lowest BCUT2D eigenvalue weighted by atomic mass is 10.2. The predicted octanol–water partition coefficient (Wildman–Crippen LogP) is 3.39. The van der Waals surface area contributed by atoms with Crippen molar-refractivity contribution in [3.8, 4) is 16.3 Å². The maximum atomic E-state index is 12.1. The number of thiazole rings is 1. The second-order valence-corrected chi connectivity index (χ2v) is 5.79. The van der Waals surface area contributed by atoms with Gasteiger partial charge in [0, 0.05) is 23.5 Å². The molecule has 134 valence electrons. The molecule has 2 N–H and O–H groups in total. The molecule has 0 bridgehead atoms. The third kappa shape index (κ3) is 6.28. The van der Waals surface area contributed by atoms with Gasteiger partial charge in [-0.05, 0) is 37.7 Å². The third-order valence-electron chi connectivity index (χ3n) is 3.20. The summed E-state index contributed by atoms with van der Waals surface area (Å²) in [5.41, 5.74) is 1.44. The maximum absolute atomic E-state index is 12.1. The third-order valence-corrected chi connectivity index (χ3v) is 4.09. The van der Waals surface area contributed by atoms with Crippen LogP contribution >= 0.6 is 36.2 Å². The summed E-state index contributed by atoms with van der Waals surface area (Å²) in [6.07, 6.45) is 0. The summed E-state index contributed by atoms with van der Waals surface area (Å²) < 4.78 is 5.14. The molecule has 0 saturated carbocycles. The Morgan fingerprint density at radius 1 is 1.29 bits per heavy atom. The largest absolute Gasteiger partial charge is 0.497 e. The van der Waals surface area contributed by atoms with Crippen LogP contribution in [-0.2, 0) is 0 Å². The van der Waals surface area contributed by atoms with E-state index < -0.39 is 0 Å². The zero-order valence-corrected chi connectivity index (χ0v) is 16.3. The van der Waals surface area contributed by atoms with Crippen molar-refractivity contribution in [2.75, 3.05) is 20.2 Å². The molecule has 0 unspecified atom stereocenters. The molecule has 1 heterocycles. The molecule has 8 heteroatoms. The zero-order valence-electron chi connectivity index (χ0n) is 13.9. The van der Waals surface area contributed by atoms with Gasteiger partial charge in [-0.25, -0.2) is 4.98 Å². The van der Waals surface area contributed by atoms with Crippen LogP contribution in [0.1, 0.15) is 24.3 Å². The molecule has 1 aromatic carbocycles. The van der Waals surface area contributed by atoms with Gasteiger partial charge in [0.2, 0.25) is 0 Å². The molecule has 2 aromatic rings. The minimum Gasteiger partial charge on any atom is -0.497 e. The van der Waals surface area contributed by atoms with Gasteiger partial charge in [-0.2, -0.15) is 0 Å². The van der Waals surface area contributed by atoms with Crippen LogP contribution in [-0.4, -0.2) is 37.1 Å². The number of likely N-dealkylation sites (N-methyl/N-ethyl adjacent to an activating group) is 1. The van der Waals surface area contributed by atoms with Crippen LogP contribution in [0.25, 0.3) is 10.6 Å². The summed E-state index contributed by atoms with van der Waals surface area (Å²) in [6, 6.07) is 7.89. The Morgan fingerprint density at radius 2 is 1.96 bits per heavy atom. The summed E-state index contributed by atoms with van der Waals surface area (Å²) in [4.78, 5) is 16.5. The molecule has 1 amide bonds. The van der Waals surface area contributed by atoms with E-state index in [4.69, 9.17) is 4.74 Å². The standard InChI is InChI=1S/C16H21N3O2S.2ClH/c1-4-17-11(2)9-18-15(20)14-10-22-16(19-14)12-5-7-13(21-3)8-6-12;;/h5-8,10-11,17H,4,9H2,1-3H3,(H,18,20);2*1H/t11-;;/m1../s1. The van der Waals surface area contributed by atoms with Gasteiger partial charge < -0.3 is 15.4 Å². The Balaban J connectivity index is 0.00000264. The topological polar surface area (TPSA) is 63.2 Å². The van der Waals surface area contributed by atoms with Crippen molar-refractivity contribution in [1.82, 2.24) is 15.6 Å². The van der Waals surface area contributed by atoms with E-state index in [-0.39, 0.29) is 36.8 Å². The van der Waals surface area contributed by atoms with E-state index in [1.165, 1.54) is 11.3 Å². The number of halogens is 2. The lowest BCUT2D eigenvalue weighted by Gasteiger charge is -2.12. The predicted molar refractivity (Wildman–Crippen MR) is 104 cm³/mol. The summed E-state index contributed by atoms with van der Waals surface area (Å²) in [7, 11) is 1.63. The summed E-state index contributed by atoms with van der Waals surface area (Å²) in [5, 5.41) is 8.75. The molecule has 0 aliphatic rings. The van der Waals surface area contributed by atoms with E-state index >= 15 is 0 Å². The molecule has 0 aliphatic heterocycles. The van der Waals surface area contributed by atoms with Crippen molar-refractivity contribution in [3.63, 3.8) is 0 Å². The Hall–Kier alpha value is -1.34. The second kappa shape index (κ2) is 11.3. The summed E-state index contributed by atoms with van der Waals surface area (Å²) >= 11 is 1.46.